The fourth-order valence-electron chi connectivity index (χ4n) is 6.53. The third-order valence-corrected chi connectivity index (χ3v) is 9.34. The first-order valence-corrected chi connectivity index (χ1v) is 9.79. The van der Waals surface area contributed by atoms with Crippen LogP contribution >= 0.6 is 11.8 Å². The summed E-state index contributed by atoms with van der Waals surface area (Å²) in [6.45, 7) is 4.62. The molecule has 5 rings (SSSR count). The minimum absolute atomic E-state index is 0.0114. The average Bonchev–Trinajstić information content (AvgIpc) is 3.17. The first-order chi connectivity index (χ1) is 11.0. The second-order valence-electron chi connectivity index (χ2n) is 8.46. The number of rotatable bonds is 0. The van der Waals surface area contributed by atoms with Crippen LogP contribution in [0.25, 0.3) is 0 Å². The highest BCUT2D eigenvalue weighted by Gasteiger charge is 2.77. The van der Waals surface area contributed by atoms with Crippen molar-refractivity contribution in [3.8, 4) is 0 Å². The minimum atomic E-state index is -0.672. The van der Waals surface area contributed by atoms with Crippen molar-refractivity contribution in [2.24, 2.45) is 23.2 Å². The SMILES string of the molecule is CC12CCC3C(C/C(=C\F)C45OC4C(=O)C=CC35C)C1CCS2. The summed E-state index contributed by atoms with van der Waals surface area (Å²) in [5.41, 5.74) is -0.167. The van der Waals surface area contributed by atoms with Crippen LogP contribution < -0.4 is 0 Å². The summed E-state index contributed by atoms with van der Waals surface area (Å²) < 4.78 is 20.1. The van der Waals surface area contributed by atoms with Crippen LogP contribution in [0.1, 0.15) is 39.5 Å². The van der Waals surface area contributed by atoms with E-state index >= 15 is 0 Å². The van der Waals surface area contributed by atoms with Gasteiger partial charge in [-0.2, -0.15) is 11.8 Å². The third kappa shape index (κ3) is 1.53. The van der Waals surface area contributed by atoms with E-state index < -0.39 is 11.7 Å². The van der Waals surface area contributed by atoms with Crippen LogP contribution in [0.3, 0.4) is 0 Å². The number of ether oxygens (including phenoxy) is 1. The van der Waals surface area contributed by atoms with Crippen molar-refractivity contribution in [2.45, 2.75) is 56.0 Å². The van der Waals surface area contributed by atoms with Crippen LogP contribution in [0.15, 0.2) is 24.1 Å². The van der Waals surface area contributed by atoms with Crippen molar-refractivity contribution in [2.75, 3.05) is 5.75 Å². The van der Waals surface area contributed by atoms with Crippen LogP contribution in [0.2, 0.25) is 0 Å². The summed E-state index contributed by atoms with van der Waals surface area (Å²) in [7, 11) is 0. The molecular weight excluding hydrogens is 311 g/mol. The van der Waals surface area contributed by atoms with Crippen molar-refractivity contribution >= 4 is 17.5 Å². The van der Waals surface area contributed by atoms with Gasteiger partial charge in [-0.05, 0) is 60.8 Å². The summed E-state index contributed by atoms with van der Waals surface area (Å²) in [5.74, 6) is 2.92. The maximum atomic E-state index is 13.8. The minimum Gasteiger partial charge on any atom is -0.352 e. The molecule has 23 heavy (non-hydrogen) atoms. The number of fused-ring (bicyclic) bond motifs is 4. The molecule has 5 aliphatic rings. The molecule has 0 bridgehead atoms. The normalized spacial score (nSPS) is 58.4. The lowest BCUT2D eigenvalue weighted by atomic mass is 9.47. The Balaban J connectivity index is 1.63. The Morgan fingerprint density at radius 2 is 2.17 bits per heavy atom. The molecule has 7 unspecified atom stereocenters. The number of thioether (sulfide) groups is 1. The summed E-state index contributed by atoms with van der Waals surface area (Å²) >= 11 is 2.11. The molecule has 2 nitrogen and oxygen atoms in total. The van der Waals surface area contributed by atoms with Crippen molar-refractivity contribution in [3.63, 3.8) is 0 Å². The van der Waals surface area contributed by atoms with Crippen molar-refractivity contribution < 1.29 is 13.9 Å². The highest BCUT2D eigenvalue weighted by atomic mass is 32.2. The van der Waals surface area contributed by atoms with Gasteiger partial charge in [-0.1, -0.05) is 19.9 Å². The fourth-order valence-corrected chi connectivity index (χ4v) is 8.13. The number of hydrogen-bond acceptors (Lipinski definition) is 3. The summed E-state index contributed by atoms with van der Waals surface area (Å²) in [4.78, 5) is 12.1. The van der Waals surface area contributed by atoms with Crippen LogP contribution in [-0.2, 0) is 9.53 Å². The smallest absolute Gasteiger partial charge is 0.187 e. The molecule has 4 heteroatoms. The van der Waals surface area contributed by atoms with Gasteiger partial charge in [-0.3, -0.25) is 4.79 Å². The number of halogens is 1. The Bertz CT molecular complexity index is 658. The lowest BCUT2D eigenvalue weighted by Crippen LogP contribution is -2.58. The molecule has 0 aromatic carbocycles. The summed E-state index contributed by atoms with van der Waals surface area (Å²) in [6.07, 6.45) is 8.50. The largest absolute Gasteiger partial charge is 0.352 e. The van der Waals surface area contributed by atoms with Gasteiger partial charge >= 0.3 is 0 Å². The maximum Gasteiger partial charge on any atom is 0.187 e. The van der Waals surface area contributed by atoms with Crippen molar-refractivity contribution in [3.05, 3.63) is 24.1 Å². The van der Waals surface area contributed by atoms with Crippen LogP contribution in [0.4, 0.5) is 4.39 Å². The van der Waals surface area contributed by atoms with E-state index in [9.17, 15) is 9.18 Å². The van der Waals surface area contributed by atoms with E-state index in [-0.39, 0.29) is 11.2 Å². The molecular formula is C19H23FO2S. The number of carbonyl (C=O) groups excluding carboxylic acids is 1. The molecule has 0 N–H and O–H groups in total. The first-order valence-electron chi connectivity index (χ1n) is 8.81. The Kier molecular flexibility index (Phi) is 2.76. The number of carbonyl (C=O) groups is 1. The van der Waals surface area contributed by atoms with E-state index in [1.165, 1.54) is 18.6 Å². The molecule has 2 aliphatic heterocycles. The summed E-state index contributed by atoms with van der Waals surface area (Å²) in [6, 6.07) is 0. The van der Waals surface area contributed by atoms with Crippen molar-refractivity contribution in [1.29, 1.82) is 0 Å². The van der Waals surface area contributed by atoms with Gasteiger partial charge in [0.15, 0.2) is 11.9 Å². The van der Waals surface area contributed by atoms with E-state index in [1.54, 1.807) is 6.08 Å². The topological polar surface area (TPSA) is 29.6 Å². The number of ketones is 1. The Morgan fingerprint density at radius 3 is 2.96 bits per heavy atom. The average molecular weight is 334 g/mol. The second kappa shape index (κ2) is 4.32. The zero-order valence-corrected chi connectivity index (χ0v) is 14.5. The molecule has 4 fully saturated rings. The Morgan fingerprint density at radius 1 is 1.35 bits per heavy atom. The van der Waals surface area contributed by atoms with Crippen LogP contribution in [-0.4, -0.2) is 28.0 Å². The van der Waals surface area contributed by atoms with E-state index in [4.69, 9.17) is 4.74 Å². The van der Waals surface area contributed by atoms with Gasteiger partial charge in [-0.25, -0.2) is 4.39 Å². The van der Waals surface area contributed by atoms with Gasteiger partial charge < -0.3 is 4.74 Å². The van der Waals surface area contributed by atoms with Crippen LogP contribution in [0.5, 0.6) is 0 Å². The zero-order valence-electron chi connectivity index (χ0n) is 13.7. The first kappa shape index (κ1) is 14.7. The summed E-state index contributed by atoms with van der Waals surface area (Å²) in [5, 5.41) is 0. The van der Waals surface area contributed by atoms with Gasteiger partial charge in [0.1, 0.15) is 5.60 Å². The Hall–Kier alpha value is -0.610. The maximum absolute atomic E-state index is 13.8. The number of hydrogen-bond donors (Lipinski definition) is 0. The molecule has 2 saturated carbocycles. The molecule has 0 aromatic heterocycles. The molecule has 1 spiro atoms. The highest BCUT2D eigenvalue weighted by Crippen LogP contribution is 2.71. The van der Waals surface area contributed by atoms with Crippen LogP contribution in [0, 0.1) is 23.2 Å². The lowest BCUT2D eigenvalue weighted by molar-refractivity contribution is -0.116. The van der Waals surface area contributed by atoms with Gasteiger partial charge in [0.2, 0.25) is 0 Å². The second-order valence-corrected chi connectivity index (χ2v) is 10.1. The monoisotopic (exact) mass is 334 g/mol. The van der Waals surface area contributed by atoms with E-state index in [2.05, 4.69) is 31.7 Å². The molecule has 7 atom stereocenters. The molecule has 0 aromatic rings. The lowest BCUT2D eigenvalue weighted by Gasteiger charge is -2.57. The van der Waals surface area contributed by atoms with E-state index in [0.717, 1.165) is 24.7 Å². The molecule has 0 radical (unpaired) electrons. The van der Waals surface area contributed by atoms with Gasteiger partial charge in [-0.15, -0.1) is 0 Å². The fraction of sp³-hybridized carbons (Fsp3) is 0.737. The molecule has 3 aliphatic carbocycles. The molecule has 124 valence electrons. The van der Waals surface area contributed by atoms with Crippen molar-refractivity contribution in [1.82, 2.24) is 0 Å². The van der Waals surface area contributed by atoms with E-state index in [1.807, 2.05) is 0 Å². The standard InChI is InChI=1S/C19H23FO2S/c1-17-6-4-15(21)16-19(17,22-16)11(10-20)9-12-13(17)3-7-18(2)14(12)5-8-23-18/h4,6,10,12-14,16H,3,5,7-9H2,1-2H3/b11-10+. The van der Waals surface area contributed by atoms with Gasteiger partial charge in [0.25, 0.3) is 0 Å². The Labute approximate surface area is 140 Å². The third-order valence-electron chi connectivity index (χ3n) is 7.73. The molecule has 2 heterocycles. The van der Waals surface area contributed by atoms with Gasteiger partial charge in [0, 0.05) is 10.2 Å². The molecule has 2 saturated heterocycles. The van der Waals surface area contributed by atoms with E-state index in [0.29, 0.717) is 22.5 Å². The molecule has 0 amide bonds. The predicted molar refractivity (Wildman–Crippen MR) is 88.9 cm³/mol. The zero-order chi connectivity index (χ0) is 16.0. The number of epoxide rings is 1. The quantitative estimate of drug-likeness (QED) is 0.626. The van der Waals surface area contributed by atoms with Gasteiger partial charge in [0.05, 0.1) is 6.33 Å². The predicted octanol–water partition coefficient (Wildman–Crippen LogP) is 4.06. The highest BCUT2D eigenvalue weighted by molar-refractivity contribution is 8.00.